The molecule has 2 aromatic rings. The van der Waals surface area contributed by atoms with Gasteiger partial charge in [0.25, 0.3) is 0 Å². The molecule has 0 saturated heterocycles. The number of rotatable bonds is 23. The number of methoxy groups -OCH3 is 6. The van der Waals surface area contributed by atoms with Crippen LogP contribution in [0.2, 0.25) is 0 Å². The molecule has 0 atom stereocenters. The van der Waals surface area contributed by atoms with E-state index in [0.717, 1.165) is 89.7 Å². The third-order valence-electron chi connectivity index (χ3n) is 8.25. The number of likely N-dealkylation sites (N-methyl/N-ethyl adjacent to an activating group) is 2. The van der Waals surface area contributed by atoms with Crippen LogP contribution >= 0.6 is 0 Å². The van der Waals surface area contributed by atoms with Gasteiger partial charge in [-0.2, -0.15) is 0 Å². The summed E-state index contributed by atoms with van der Waals surface area (Å²) >= 11 is 0. The van der Waals surface area contributed by atoms with Crippen molar-refractivity contribution in [1.29, 1.82) is 0 Å². The number of hydrogen-bond donors (Lipinski definition) is 0. The van der Waals surface area contributed by atoms with Crippen LogP contribution in [0.25, 0.3) is 0 Å². The SMILES string of the molecule is CCN(CC)CCN(CCN(CCN(CC)CC)Cc1cc(OC)c(OC)c(OC)c1)Cc1cc(OC)c(OC)c(OC)c1. The molecular weight excluding hydrogens is 560 g/mol. The maximum absolute atomic E-state index is 5.65. The summed E-state index contributed by atoms with van der Waals surface area (Å²) < 4.78 is 33.8. The summed E-state index contributed by atoms with van der Waals surface area (Å²) in [6.45, 7) is 20.3. The van der Waals surface area contributed by atoms with Crippen molar-refractivity contribution in [2.24, 2.45) is 0 Å². The molecule has 10 heteroatoms. The van der Waals surface area contributed by atoms with Gasteiger partial charge in [0, 0.05) is 52.4 Å². The van der Waals surface area contributed by atoms with Crippen molar-refractivity contribution >= 4 is 0 Å². The predicted molar refractivity (Wildman–Crippen MR) is 178 cm³/mol. The van der Waals surface area contributed by atoms with Crippen molar-refractivity contribution in [3.63, 3.8) is 0 Å². The fraction of sp³-hybridized carbons (Fsp3) is 0.647. The van der Waals surface area contributed by atoms with Gasteiger partial charge >= 0.3 is 0 Å². The molecule has 0 amide bonds. The normalized spacial score (nSPS) is 11.5. The fourth-order valence-corrected chi connectivity index (χ4v) is 5.44. The predicted octanol–water partition coefficient (Wildman–Crippen LogP) is 4.73. The van der Waals surface area contributed by atoms with Crippen LogP contribution in [0.3, 0.4) is 0 Å². The highest BCUT2D eigenvalue weighted by molar-refractivity contribution is 5.54. The van der Waals surface area contributed by atoms with Gasteiger partial charge < -0.3 is 38.2 Å². The third-order valence-corrected chi connectivity index (χ3v) is 8.25. The number of benzene rings is 2. The van der Waals surface area contributed by atoms with E-state index in [4.69, 9.17) is 28.4 Å². The minimum absolute atomic E-state index is 0.612. The summed E-state index contributed by atoms with van der Waals surface area (Å²) in [5.74, 6) is 3.92. The Bertz CT molecular complexity index is 958. The van der Waals surface area contributed by atoms with Crippen molar-refractivity contribution in [2.45, 2.75) is 40.8 Å². The topological polar surface area (TPSA) is 68.3 Å². The zero-order valence-corrected chi connectivity index (χ0v) is 29.0. The van der Waals surface area contributed by atoms with E-state index in [9.17, 15) is 0 Å². The first-order valence-corrected chi connectivity index (χ1v) is 15.8. The van der Waals surface area contributed by atoms with Crippen molar-refractivity contribution in [2.75, 3.05) is 108 Å². The first-order chi connectivity index (χ1) is 21.3. The molecule has 0 N–H and O–H groups in total. The second-order valence-corrected chi connectivity index (χ2v) is 10.7. The second-order valence-electron chi connectivity index (χ2n) is 10.7. The molecule has 2 rings (SSSR count). The molecule has 0 aliphatic heterocycles. The Morgan fingerprint density at radius 1 is 0.386 bits per heavy atom. The monoisotopic (exact) mass is 618 g/mol. The number of hydrogen-bond acceptors (Lipinski definition) is 10. The maximum atomic E-state index is 5.65. The molecule has 10 nitrogen and oxygen atoms in total. The Balaban J connectivity index is 2.36. The third kappa shape index (κ3) is 10.9. The van der Waals surface area contributed by atoms with Crippen molar-refractivity contribution in [3.05, 3.63) is 35.4 Å². The van der Waals surface area contributed by atoms with E-state index in [1.54, 1.807) is 42.7 Å². The van der Waals surface area contributed by atoms with Crippen LogP contribution in [0.1, 0.15) is 38.8 Å². The summed E-state index contributed by atoms with van der Waals surface area (Å²) in [4.78, 5) is 9.99. The molecule has 0 fully saturated rings. The Labute approximate surface area is 266 Å². The van der Waals surface area contributed by atoms with Crippen LogP contribution < -0.4 is 28.4 Å². The van der Waals surface area contributed by atoms with E-state index in [-0.39, 0.29) is 0 Å². The summed E-state index contributed by atoms with van der Waals surface area (Å²) in [6, 6.07) is 8.22. The summed E-state index contributed by atoms with van der Waals surface area (Å²) in [7, 11) is 9.92. The Kier molecular flexibility index (Phi) is 17.1. The first kappa shape index (κ1) is 37.3. The van der Waals surface area contributed by atoms with Crippen LogP contribution in [-0.4, -0.2) is 128 Å². The van der Waals surface area contributed by atoms with E-state index in [1.165, 1.54) is 0 Å². The number of ether oxygens (including phenoxy) is 6. The molecule has 0 aliphatic rings. The Morgan fingerprint density at radius 3 is 0.841 bits per heavy atom. The molecule has 250 valence electrons. The van der Waals surface area contributed by atoms with E-state index in [2.05, 4.69) is 71.6 Å². The lowest BCUT2D eigenvalue weighted by atomic mass is 10.1. The largest absolute Gasteiger partial charge is 0.493 e. The van der Waals surface area contributed by atoms with Crippen LogP contribution in [0, 0.1) is 0 Å². The molecule has 0 saturated carbocycles. The lowest BCUT2D eigenvalue weighted by Gasteiger charge is -2.31. The van der Waals surface area contributed by atoms with Gasteiger partial charge in [0.15, 0.2) is 23.0 Å². The van der Waals surface area contributed by atoms with Gasteiger partial charge in [-0.1, -0.05) is 27.7 Å². The minimum atomic E-state index is 0.612. The van der Waals surface area contributed by atoms with Gasteiger partial charge in [0.2, 0.25) is 11.5 Å². The zero-order valence-electron chi connectivity index (χ0n) is 29.0. The molecule has 44 heavy (non-hydrogen) atoms. The summed E-state index contributed by atoms with van der Waals surface area (Å²) in [5, 5.41) is 0. The van der Waals surface area contributed by atoms with E-state index >= 15 is 0 Å². The number of nitrogens with zero attached hydrogens (tertiary/aromatic N) is 4. The molecule has 0 aromatic heterocycles. The molecule has 0 heterocycles. The average molecular weight is 619 g/mol. The van der Waals surface area contributed by atoms with Crippen molar-refractivity contribution in [3.8, 4) is 34.5 Å². The molecule has 0 unspecified atom stereocenters. The van der Waals surface area contributed by atoms with E-state index in [0.29, 0.717) is 34.5 Å². The molecular formula is C34H58N4O6. The maximum Gasteiger partial charge on any atom is 0.203 e. The smallest absolute Gasteiger partial charge is 0.203 e. The van der Waals surface area contributed by atoms with Crippen molar-refractivity contribution < 1.29 is 28.4 Å². The minimum Gasteiger partial charge on any atom is -0.493 e. The highest BCUT2D eigenvalue weighted by Crippen LogP contribution is 2.39. The van der Waals surface area contributed by atoms with Crippen LogP contribution in [-0.2, 0) is 13.1 Å². The highest BCUT2D eigenvalue weighted by atomic mass is 16.5. The fourth-order valence-electron chi connectivity index (χ4n) is 5.44. The quantitative estimate of drug-likeness (QED) is 0.175. The lowest BCUT2D eigenvalue weighted by molar-refractivity contribution is 0.158. The summed E-state index contributed by atoms with van der Waals surface area (Å²) in [6.07, 6.45) is 0. The first-order valence-electron chi connectivity index (χ1n) is 15.8. The Morgan fingerprint density at radius 2 is 0.636 bits per heavy atom. The molecule has 2 aromatic carbocycles. The Hall–Kier alpha value is -2.92. The van der Waals surface area contributed by atoms with Gasteiger partial charge in [-0.25, -0.2) is 0 Å². The van der Waals surface area contributed by atoms with Gasteiger partial charge in [0.05, 0.1) is 42.7 Å². The second kappa shape index (κ2) is 20.2. The van der Waals surface area contributed by atoms with E-state index in [1.807, 2.05) is 0 Å². The van der Waals surface area contributed by atoms with E-state index < -0.39 is 0 Å². The molecule has 0 bridgehead atoms. The van der Waals surface area contributed by atoms with Crippen molar-refractivity contribution in [1.82, 2.24) is 19.6 Å². The van der Waals surface area contributed by atoms with Gasteiger partial charge in [-0.05, 0) is 61.6 Å². The summed E-state index contributed by atoms with van der Waals surface area (Å²) in [5.41, 5.74) is 2.25. The zero-order chi connectivity index (χ0) is 32.5. The standard InChI is InChI=1S/C34H58N4O6/c1-11-35(12-2)15-17-37(25-27-21-29(39-5)33(43-9)30(22-27)40-6)19-20-38(18-16-36(13-3)14-4)26-28-23-31(41-7)34(44-10)32(24-28)42-8/h21-24H,11-20,25-26H2,1-10H3. The van der Waals surface area contributed by atoms with Gasteiger partial charge in [0.1, 0.15) is 0 Å². The van der Waals surface area contributed by atoms with Crippen LogP contribution in [0.5, 0.6) is 34.5 Å². The van der Waals surface area contributed by atoms with Crippen LogP contribution in [0.4, 0.5) is 0 Å². The average Bonchev–Trinajstić information content (AvgIpc) is 3.06. The highest BCUT2D eigenvalue weighted by Gasteiger charge is 2.19. The van der Waals surface area contributed by atoms with Crippen LogP contribution in [0.15, 0.2) is 24.3 Å². The van der Waals surface area contributed by atoms with Gasteiger partial charge in [-0.3, -0.25) is 9.80 Å². The lowest BCUT2D eigenvalue weighted by Crippen LogP contribution is -2.41. The molecule has 0 spiro atoms. The molecule has 0 radical (unpaired) electrons. The molecule has 0 aliphatic carbocycles. The van der Waals surface area contributed by atoms with Gasteiger partial charge in [-0.15, -0.1) is 0 Å².